The van der Waals surface area contributed by atoms with Crippen molar-refractivity contribution in [3.8, 4) is 5.75 Å². The number of nitrogens with zero attached hydrogens (tertiary/aromatic N) is 2. The van der Waals surface area contributed by atoms with Crippen LogP contribution in [0.5, 0.6) is 5.75 Å². The molecule has 0 aliphatic carbocycles. The lowest BCUT2D eigenvalue weighted by atomic mass is 10.1. The largest absolute Gasteiger partial charge is 0.489 e. The van der Waals surface area contributed by atoms with Gasteiger partial charge in [-0.25, -0.2) is 4.39 Å². The molecule has 1 heterocycles. The van der Waals surface area contributed by atoms with Gasteiger partial charge in [0, 0.05) is 26.2 Å². The fourth-order valence-corrected chi connectivity index (χ4v) is 3.08. The molecule has 3 rings (SSSR count). The summed E-state index contributed by atoms with van der Waals surface area (Å²) in [6.07, 6.45) is 2.30. The van der Waals surface area contributed by atoms with Gasteiger partial charge in [-0.3, -0.25) is 0 Å². The zero-order valence-electron chi connectivity index (χ0n) is 15.0. The maximum Gasteiger partial charge on any atom is 0.123 e. The Hall–Kier alpha value is -1.91. The Morgan fingerprint density at radius 2 is 1.52 bits per heavy atom. The number of hydrogen-bond donors (Lipinski definition) is 0. The summed E-state index contributed by atoms with van der Waals surface area (Å²) in [5.41, 5.74) is 2.32. The first-order valence-corrected chi connectivity index (χ1v) is 9.06. The van der Waals surface area contributed by atoms with Crippen molar-refractivity contribution < 1.29 is 9.13 Å². The maximum absolute atomic E-state index is 12.9. The topological polar surface area (TPSA) is 15.7 Å². The molecular formula is C21H27FN2O. The summed E-state index contributed by atoms with van der Waals surface area (Å²) >= 11 is 0. The highest BCUT2D eigenvalue weighted by atomic mass is 19.1. The van der Waals surface area contributed by atoms with Gasteiger partial charge in [0.2, 0.25) is 0 Å². The molecule has 0 unspecified atom stereocenters. The number of likely N-dealkylation sites (N-methyl/N-ethyl adjacent to an activating group) is 1. The van der Waals surface area contributed by atoms with E-state index in [4.69, 9.17) is 4.74 Å². The van der Waals surface area contributed by atoms with Crippen molar-refractivity contribution in [2.45, 2.75) is 19.4 Å². The van der Waals surface area contributed by atoms with Crippen LogP contribution in [0.15, 0.2) is 48.5 Å². The van der Waals surface area contributed by atoms with E-state index < -0.39 is 0 Å². The molecule has 0 bridgehead atoms. The van der Waals surface area contributed by atoms with Gasteiger partial charge in [0.05, 0.1) is 0 Å². The van der Waals surface area contributed by atoms with Gasteiger partial charge in [-0.05, 0) is 61.8 Å². The van der Waals surface area contributed by atoms with Crippen molar-refractivity contribution in [2.24, 2.45) is 0 Å². The summed E-state index contributed by atoms with van der Waals surface area (Å²) in [5.74, 6) is 0.636. The van der Waals surface area contributed by atoms with Crippen LogP contribution in [0.25, 0.3) is 0 Å². The molecule has 0 radical (unpaired) electrons. The van der Waals surface area contributed by atoms with Crippen molar-refractivity contribution in [3.05, 3.63) is 65.5 Å². The van der Waals surface area contributed by atoms with Crippen LogP contribution >= 0.6 is 0 Å². The second kappa shape index (κ2) is 8.97. The number of piperazine rings is 1. The minimum Gasteiger partial charge on any atom is -0.489 e. The lowest BCUT2D eigenvalue weighted by Crippen LogP contribution is -2.44. The molecule has 1 fully saturated rings. The molecule has 0 amide bonds. The van der Waals surface area contributed by atoms with Crippen LogP contribution in [-0.4, -0.2) is 49.6 Å². The van der Waals surface area contributed by atoms with Crippen LogP contribution in [0, 0.1) is 5.82 Å². The van der Waals surface area contributed by atoms with Crippen molar-refractivity contribution in [1.82, 2.24) is 9.80 Å². The Kier molecular flexibility index (Phi) is 6.42. The highest BCUT2D eigenvalue weighted by molar-refractivity contribution is 5.28. The molecule has 0 saturated carbocycles. The fraction of sp³-hybridized carbons (Fsp3) is 0.429. The van der Waals surface area contributed by atoms with E-state index in [0.717, 1.165) is 17.7 Å². The van der Waals surface area contributed by atoms with Gasteiger partial charge < -0.3 is 14.5 Å². The monoisotopic (exact) mass is 342 g/mol. The van der Waals surface area contributed by atoms with Gasteiger partial charge >= 0.3 is 0 Å². The fourth-order valence-electron chi connectivity index (χ4n) is 3.08. The Morgan fingerprint density at radius 1 is 0.880 bits per heavy atom. The Morgan fingerprint density at radius 3 is 2.20 bits per heavy atom. The van der Waals surface area contributed by atoms with Crippen molar-refractivity contribution in [3.63, 3.8) is 0 Å². The van der Waals surface area contributed by atoms with Gasteiger partial charge in [-0.15, -0.1) is 0 Å². The molecule has 1 aliphatic rings. The standard InChI is InChI=1S/C21H27FN2O/c1-23-13-15-24(16-14-23)12-2-3-18-6-10-21(11-7-18)25-17-19-4-8-20(22)9-5-19/h4-11H,2-3,12-17H2,1H3. The summed E-state index contributed by atoms with van der Waals surface area (Å²) in [7, 11) is 2.19. The van der Waals surface area contributed by atoms with Crippen LogP contribution in [0.4, 0.5) is 4.39 Å². The van der Waals surface area contributed by atoms with Crippen LogP contribution in [0.1, 0.15) is 17.5 Å². The predicted octanol–water partition coefficient (Wildman–Crippen LogP) is 3.58. The van der Waals surface area contributed by atoms with Crippen molar-refractivity contribution in [1.29, 1.82) is 0 Å². The first kappa shape index (κ1) is 17.9. The minimum absolute atomic E-state index is 0.218. The van der Waals surface area contributed by atoms with E-state index >= 15 is 0 Å². The molecule has 0 aromatic heterocycles. The molecule has 0 N–H and O–H groups in total. The lowest BCUT2D eigenvalue weighted by molar-refractivity contribution is 0.153. The molecule has 4 heteroatoms. The quantitative estimate of drug-likeness (QED) is 0.765. The second-order valence-electron chi connectivity index (χ2n) is 6.81. The van der Waals surface area contributed by atoms with E-state index in [0.29, 0.717) is 6.61 Å². The number of ether oxygens (including phenoxy) is 1. The Bertz CT molecular complexity index is 634. The second-order valence-corrected chi connectivity index (χ2v) is 6.81. The molecule has 3 nitrogen and oxygen atoms in total. The molecule has 2 aromatic carbocycles. The van der Waals surface area contributed by atoms with Crippen LogP contribution in [0.2, 0.25) is 0 Å². The zero-order chi connectivity index (χ0) is 17.5. The average Bonchev–Trinajstić information content (AvgIpc) is 2.64. The molecular weight excluding hydrogens is 315 g/mol. The Balaban J connectivity index is 1.39. The van der Waals surface area contributed by atoms with Gasteiger partial charge in [0.15, 0.2) is 0 Å². The van der Waals surface area contributed by atoms with Gasteiger partial charge in [0.1, 0.15) is 18.2 Å². The summed E-state index contributed by atoms with van der Waals surface area (Å²) in [4.78, 5) is 4.95. The molecule has 25 heavy (non-hydrogen) atoms. The molecule has 1 saturated heterocycles. The summed E-state index contributed by atoms with van der Waals surface area (Å²) in [6, 6.07) is 14.8. The van der Waals surface area contributed by atoms with Crippen molar-refractivity contribution >= 4 is 0 Å². The van der Waals surface area contributed by atoms with Crippen LogP contribution in [0.3, 0.4) is 0 Å². The first-order chi connectivity index (χ1) is 12.2. The number of aryl methyl sites for hydroxylation is 1. The van der Waals surface area contributed by atoms with Crippen LogP contribution < -0.4 is 4.74 Å². The minimum atomic E-state index is -0.218. The number of hydrogen-bond acceptors (Lipinski definition) is 3. The summed E-state index contributed by atoms with van der Waals surface area (Å²) < 4.78 is 18.6. The van der Waals surface area contributed by atoms with Gasteiger partial charge in [0.25, 0.3) is 0 Å². The number of halogens is 1. The SMILES string of the molecule is CN1CCN(CCCc2ccc(OCc3ccc(F)cc3)cc2)CC1. The third kappa shape index (κ3) is 5.83. The first-order valence-electron chi connectivity index (χ1n) is 9.06. The molecule has 0 spiro atoms. The van der Waals surface area contributed by atoms with Gasteiger partial charge in [-0.1, -0.05) is 24.3 Å². The van der Waals surface area contributed by atoms with E-state index in [9.17, 15) is 4.39 Å². The number of rotatable bonds is 7. The van der Waals surface area contributed by atoms with Crippen LogP contribution in [-0.2, 0) is 13.0 Å². The zero-order valence-corrected chi connectivity index (χ0v) is 15.0. The highest BCUT2D eigenvalue weighted by Gasteiger charge is 2.12. The third-order valence-electron chi connectivity index (χ3n) is 4.78. The molecule has 2 aromatic rings. The van der Waals surface area contributed by atoms with Gasteiger partial charge in [-0.2, -0.15) is 0 Å². The number of benzene rings is 2. The lowest BCUT2D eigenvalue weighted by Gasteiger charge is -2.32. The molecule has 1 aliphatic heterocycles. The van der Waals surface area contributed by atoms with E-state index in [-0.39, 0.29) is 5.82 Å². The van der Waals surface area contributed by atoms with E-state index in [1.54, 1.807) is 12.1 Å². The summed E-state index contributed by atoms with van der Waals surface area (Å²) in [5, 5.41) is 0. The van der Waals surface area contributed by atoms with E-state index in [1.807, 2.05) is 12.1 Å². The maximum atomic E-state index is 12.9. The van der Waals surface area contributed by atoms with Crippen molar-refractivity contribution in [2.75, 3.05) is 39.8 Å². The summed E-state index contributed by atoms with van der Waals surface area (Å²) in [6.45, 7) is 6.37. The third-order valence-corrected chi connectivity index (χ3v) is 4.78. The average molecular weight is 342 g/mol. The van der Waals surface area contributed by atoms with E-state index in [1.165, 1.54) is 56.8 Å². The Labute approximate surface area is 150 Å². The normalized spacial score (nSPS) is 16.1. The highest BCUT2D eigenvalue weighted by Crippen LogP contribution is 2.16. The molecule has 0 atom stereocenters. The predicted molar refractivity (Wildman–Crippen MR) is 99.4 cm³/mol. The smallest absolute Gasteiger partial charge is 0.123 e. The molecule has 134 valence electrons. The van der Waals surface area contributed by atoms with E-state index in [2.05, 4.69) is 29.0 Å².